The first kappa shape index (κ1) is 24.4. The number of nitrogens with one attached hydrogen (secondary N) is 1. The van der Waals surface area contributed by atoms with Crippen LogP contribution in [0.4, 0.5) is 20.4 Å². The van der Waals surface area contributed by atoms with E-state index in [1.807, 2.05) is 26.0 Å². The van der Waals surface area contributed by atoms with Gasteiger partial charge >= 0.3 is 6.01 Å². The number of hydrogen-bond donors (Lipinski definition) is 1. The Morgan fingerprint density at radius 1 is 1.11 bits per heavy atom. The third-order valence-corrected chi connectivity index (χ3v) is 7.02. The molecule has 0 amide bonds. The van der Waals surface area contributed by atoms with E-state index in [4.69, 9.17) is 4.74 Å². The minimum Gasteiger partial charge on any atom is -0.421 e. The zero-order chi connectivity index (χ0) is 25.4. The number of allylic oxidation sites excluding steroid dienone is 1. The topological polar surface area (TPSA) is 65.9 Å². The van der Waals surface area contributed by atoms with E-state index in [2.05, 4.69) is 43.9 Å². The molecule has 1 aromatic carbocycles. The lowest BCUT2D eigenvalue weighted by Gasteiger charge is -2.26. The summed E-state index contributed by atoms with van der Waals surface area (Å²) >= 11 is 0. The summed E-state index contributed by atoms with van der Waals surface area (Å²) in [5.41, 5.74) is 2.64. The zero-order valence-electron chi connectivity index (χ0n) is 21.2. The highest BCUT2D eigenvalue weighted by Gasteiger charge is 2.28. The van der Waals surface area contributed by atoms with Crippen LogP contribution < -0.4 is 15.0 Å². The Bertz CT molecular complexity index is 1270. The number of halogens is 2. The molecule has 5 rings (SSSR count). The van der Waals surface area contributed by atoms with Crippen molar-refractivity contribution in [3.8, 4) is 11.8 Å². The van der Waals surface area contributed by atoms with Crippen molar-refractivity contribution < 1.29 is 13.5 Å². The van der Waals surface area contributed by atoms with Crippen molar-refractivity contribution >= 4 is 23.5 Å². The van der Waals surface area contributed by atoms with Gasteiger partial charge in [0.1, 0.15) is 23.3 Å². The average Bonchev–Trinajstić information content (AvgIpc) is 3.58. The lowest BCUT2D eigenvalue weighted by Crippen LogP contribution is -2.37. The van der Waals surface area contributed by atoms with Gasteiger partial charge in [-0.25, -0.2) is 8.78 Å². The molecular formula is C27H32F2N6O. The molecule has 0 spiro atoms. The zero-order valence-corrected chi connectivity index (χ0v) is 21.2. The highest BCUT2D eigenvalue weighted by molar-refractivity contribution is 6.05. The van der Waals surface area contributed by atoms with Crippen LogP contribution in [-0.4, -0.2) is 59.5 Å². The van der Waals surface area contributed by atoms with Crippen LogP contribution in [0.3, 0.4) is 0 Å². The van der Waals surface area contributed by atoms with Crippen molar-refractivity contribution in [1.29, 1.82) is 0 Å². The quantitative estimate of drug-likeness (QED) is 0.571. The van der Waals surface area contributed by atoms with Crippen LogP contribution >= 0.6 is 0 Å². The molecule has 0 saturated carbocycles. The van der Waals surface area contributed by atoms with E-state index in [0.717, 1.165) is 49.8 Å². The maximum absolute atomic E-state index is 15.3. The monoisotopic (exact) mass is 494 g/mol. The number of aromatic nitrogens is 2. The highest BCUT2D eigenvalue weighted by Crippen LogP contribution is 2.36. The van der Waals surface area contributed by atoms with Gasteiger partial charge in [0.15, 0.2) is 11.6 Å². The number of anilines is 2. The maximum atomic E-state index is 15.3. The lowest BCUT2D eigenvalue weighted by molar-refractivity contribution is 0.232. The fourth-order valence-corrected chi connectivity index (χ4v) is 5.15. The number of amidine groups is 1. The molecule has 1 unspecified atom stereocenters. The van der Waals surface area contributed by atoms with Gasteiger partial charge in [-0.05, 0) is 51.4 Å². The van der Waals surface area contributed by atoms with E-state index in [0.29, 0.717) is 42.0 Å². The first-order chi connectivity index (χ1) is 17.3. The van der Waals surface area contributed by atoms with Crippen LogP contribution in [0.5, 0.6) is 11.8 Å². The number of ether oxygens (including phenoxy) is 1. The fraction of sp³-hybridized carbons (Fsp3) is 0.444. The van der Waals surface area contributed by atoms with E-state index >= 15 is 4.39 Å². The SMILES string of the molecule is CCN(CC)C1CCN(c2cc(NC3=NCC(C)=C3)nc(Oc3cc(F)c4c(c3F)C=C(C)C4)n2)C1. The minimum atomic E-state index is -0.603. The van der Waals surface area contributed by atoms with Crippen LogP contribution in [0.25, 0.3) is 6.08 Å². The van der Waals surface area contributed by atoms with Crippen molar-refractivity contribution in [2.24, 2.45) is 4.99 Å². The molecule has 2 aliphatic heterocycles. The van der Waals surface area contributed by atoms with Crippen molar-refractivity contribution in [2.45, 2.75) is 46.6 Å². The number of likely N-dealkylation sites (N-methyl/N-ethyl adjacent to an activating group) is 1. The Hall–Kier alpha value is -3.33. The molecule has 7 nitrogen and oxygen atoms in total. The summed E-state index contributed by atoms with van der Waals surface area (Å²) in [5, 5.41) is 3.22. The second kappa shape index (κ2) is 9.97. The molecule has 1 aromatic heterocycles. The van der Waals surface area contributed by atoms with Gasteiger partial charge in [-0.2, -0.15) is 9.97 Å². The van der Waals surface area contributed by atoms with Gasteiger partial charge in [-0.15, -0.1) is 0 Å². The fourth-order valence-electron chi connectivity index (χ4n) is 5.15. The van der Waals surface area contributed by atoms with Crippen molar-refractivity contribution in [1.82, 2.24) is 14.9 Å². The van der Waals surface area contributed by atoms with E-state index in [-0.39, 0.29) is 17.3 Å². The molecule has 0 bridgehead atoms. The standard InChI is InChI=1S/C27H32F2N6O/c1-5-34(6-2)18-7-8-35(15-18)25-13-24(31-23-11-17(4)14-30-23)32-27(33-25)36-22-12-21(28)19-9-16(3)10-20(19)26(22)29/h10-13,18H,5-9,14-15H2,1-4H3,(H,30,31,32,33). The third kappa shape index (κ3) is 4.84. The van der Waals surface area contributed by atoms with Gasteiger partial charge in [0.25, 0.3) is 0 Å². The summed E-state index contributed by atoms with van der Waals surface area (Å²) in [5.74, 6) is 0.537. The normalized spacial score (nSPS) is 18.9. The summed E-state index contributed by atoms with van der Waals surface area (Å²) in [7, 11) is 0. The van der Waals surface area contributed by atoms with Crippen LogP contribution in [0, 0.1) is 11.6 Å². The Morgan fingerprint density at radius 3 is 2.64 bits per heavy atom. The summed E-state index contributed by atoms with van der Waals surface area (Å²) in [6.45, 7) is 12.5. The molecule has 0 radical (unpaired) electrons. The highest BCUT2D eigenvalue weighted by atomic mass is 19.1. The second-order valence-electron chi connectivity index (χ2n) is 9.65. The van der Waals surface area contributed by atoms with E-state index < -0.39 is 11.6 Å². The van der Waals surface area contributed by atoms with Gasteiger partial charge in [0.05, 0.1) is 6.54 Å². The molecule has 3 aliphatic rings. The largest absolute Gasteiger partial charge is 0.421 e. The van der Waals surface area contributed by atoms with E-state index in [1.54, 1.807) is 6.08 Å². The molecule has 36 heavy (non-hydrogen) atoms. The first-order valence-electron chi connectivity index (χ1n) is 12.6. The Balaban J connectivity index is 1.47. The summed E-state index contributed by atoms with van der Waals surface area (Å²) in [6.07, 6.45) is 5.04. The van der Waals surface area contributed by atoms with E-state index in [1.165, 1.54) is 0 Å². The number of benzene rings is 1. The van der Waals surface area contributed by atoms with Crippen molar-refractivity contribution in [2.75, 3.05) is 42.9 Å². The van der Waals surface area contributed by atoms with Gasteiger partial charge < -0.3 is 15.0 Å². The molecule has 1 saturated heterocycles. The number of aliphatic imine (C=N–C) groups is 1. The van der Waals surface area contributed by atoms with Gasteiger partial charge in [0.2, 0.25) is 0 Å². The number of fused-ring (bicyclic) bond motifs is 1. The molecule has 9 heteroatoms. The van der Waals surface area contributed by atoms with Gasteiger partial charge in [-0.1, -0.05) is 25.5 Å². The molecular weight excluding hydrogens is 462 g/mol. The van der Waals surface area contributed by atoms with Crippen LogP contribution in [0.1, 0.15) is 45.2 Å². The molecule has 1 aliphatic carbocycles. The number of rotatable bonds is 7. The van der Waals surface area contributed by atoms with Crippen LogP contribution in [0.2, 0.25) is 0 Å². The first-order valence-corrected chi connectivity index (χ1v) is 12.6. The molecule has 2 aromatic rings. The smallest absolute Gasteiger partial charge is 0.326 e. The average molecular weight is 495 g/mol. The Labute approximate surface area is 210 Å². The van der Waals surface area contributed by atoms with Crippen molar-refractivity contribution in [3.63, 3.8) is 0 Å². The van der Waals surface area contributed by atoms with Gasteiger partial charge in [-0.3, -0.25) is 9.89 Å². The number of nitrogens with zero attached hydrogens (tertiary/aromatic N) is 5. The maximum Gasteiger partial charge on any atom is 0.326 e. The minimum absolute atomic E-state index is 0.0439. The second-order valence-corrected chi connectivity index (χ2v) is 9.65. The molecule has 1 fully saturated rings. The van der Waals surface area contributed by atoms with Crippen LogP contribution in [-0.2, 0) is 6.42 Å². The van der Waals surface area contributed by atoms with Gasteiger partial charge in [0, 0.05) is 42.4 Å². The molecule has 190 valence electrons. The predicted octanol–water partition coefficient (Wildman–Crippen LogP) is 5.20. The Kier molecular flexibility index (Phi) is 6.75. The molecule has 3 heterocycles. The lowest BCUT2D eigenvalue weighted by atomic mass is 10.1. The van der Waals surface area contributed by atoms with E-state index in [9.17, 15) is 4.39 Å². The Morgan fingerprint density at radius 2 is 1.92 bits per heavy atom. The predicted molar refractivity (Wildman–Crippen MR) is 139 cm³/mol. The summed E-state index contributed by atoms with van der Waals surface area (Å²) in [4.78, 5) is 18.1. The summed E-state index contributed by atoms with van der Waals surface area (Å²) in [6, 6.07) is 3.33. The summed E-state index contributed by atoms with van der Waals surface area (Å²) < 4.78 is 35.8. The number of hydrogen-bond acceptors (Lipinski definition) is 7. The van der Waals surface area contributed by atoms with Crippen molar-refractivity contribution in [3.05, 3.63) is 52.1 Å². The molecule has 1 atom stereocenters. The van der Waals surface area contributed by atoms with Crippen LogP contribution in [0.15, 0.2) is 34.3 Å². The molecule has 1 N–H and O–H groups in total. The third-order valence-electron chi connectivity index (χ3n) is 7.02.